The average Bonchev–Trinajstić information content (AvgIpc) is 2.74. The van der Waals surface area contributed by atoms with Crippen molar-refractivity contribution in [2.45, 2.75) is 13.1 Å². The molecule has 0 spiro atoms. The Morgan fingerprint density at radius 1 is 0.897 bits per heavy atom. The molecule has 6 nitrogen and oxygen atoms in total. The van der Waals surface area contributed by atoms with Gasteiger partial charge in [-0.25, -0.2) is 4.79 Å². The third kappa shape index (κ3) is 3.52. The number of rotatable bonds is 5. The van der Waals surface area contributed by atoms with Gasteiger partial charge in [0.25, 0.3) is 5.91 Å². The van der Waals surface area contributed by atoms with Crippen LogP contribution in [0.4, 0.5) is 17.1 Å². The van der Waals surface area contributed by atoms with Crippen LogP contribution in [-0.2, 0) is 4.79 Å². The Morgan fingerprint density at radius 3 is 2.21 bits per heavy atom. The molecule has 1 heterocycles. The second-order valence-electron chi connectivity index (χ2n) is 6.71. The third-order valence-electron chi connectivity index (χ3n) is 4.87. The minimum Gasteiger partial charge on any atom is -0.482 e. The van der Waals surface area contributed by atoms with E-state index >= 15 is 0 Å². The Hall–Kier alpha value is -3.80. The van der Waals surface area contributed by atoms with Gasteiger partial charge in [-0.05, 0) is 55.5 Å². The maximum atomic E-state index is 13.3. The molecule has 0 radical (unpaired) electrons. The topological polar surface area (TPSA) is 70.1 Å². The van der Waals surface area contributed by atoms with Gasteiger partial charge in [-0.15, -0.1) is 0 Å². The summed E-state index contributed by atoms with van der Waals surface area (Å²) in [4.78, 5) is 27.8. The number of hydrogen-bond donors (Lipinski definition) is 1. The van der Waals surface area contributed by atoms with Crippen molar-refractivity contribution < 1.29 is 19.4 Å². The average molecular weight is 388 g/mol. The van der Waals surface area contributed by atoms with Gasteiger partial charge in [0.15, 0.2) is 6.61 Å². The molecule has 29 heavy (non-hydrogen) atoms. The fourth-order valence-corrected chi connectivity index (χ4v) is 3.61. The van der Waals surface area contributed by atoms with Crippen LogP contribution in [-0.4, -0.2) is 29.8 Å². The van der Waals surface area contributed by atoms with Gasteiger partial charge in [-0.1, -0.05) is 30.3 Å². The number of carboxylic acids is 1. The van der Waals surface area contributed by atoms with Crippen molar-refractivity contribution in [2.75, 3.05) is 16.4 Å². The number of carboxylic acid groups (broad SMARTS) is 1. The Labute approximate surface area is 168 Å². The van der Waals surface area contributed by atoms with Crippen LogP contribution in [0, 0.1) is 0 Å². The number of ether oxygens (including phenoxy) is 1. The zero-order chi connectivity index (χ0) is 20.4. The van der Waals surface area contributed by atoms with Gasteiger partial charge < -0.3 is 14.7 Å². The lowest BCUT2D eigenvalue weighted by Gasteiger charge is -2.44. The van der Waals surface area contributed by atoms with Crippen LogP contribution >= 0.6 is 0 Å². The first kappa shape index (κ1) is 18.6. The first-order chi connectivity index (χ1) is 14.1. The van der Waals surface area contributed by atoms with Crippen molar-refractivity contribution in [3.8, 4) is 5.75 Å². The maximum Gasteiger partial charge on any atom is 0.341 e. The summed E-state index contributed by atoms with van der Waals surface area (Å²) >= 11 is 0. The molecule has 1 amide bonds. The van der Waals surface area contributed by atoms with Gasteiger partial charge in [0.05, 0.1) is 11.3 Å². The standard InChI is InChI=1S/C23H20N2O4/c1-16-24(17-7-3-2-4-8-17)21-10-6-5-9-20(21)23(28)25(16)18-11-13-19(14-12-18)29-15-22(26)27/h2-14,16H,15H2,1H3,(H,26,27). The number of anilines is 3. The lowest BCUT2D eigenvalue weighted by atomic mass is 10.0. The minimum atomic E-state index is -1.04. The zero-order valence-corrected chi connectivity index (χ0v) is 15.9. The maximum absolute atomic E-state index is 13.3. The van der Waals surface area contributed by atoms with Crippen molar-refractivity contribution >= 4 is 28.9 Å². The Kier molecular flexibility index (Phi) is 4.91. The molecule has 0 bridgehead atoms. The van der Waals surface area contributed by atoms with Crippen molar-refractivity contribution in [3.05, 3.63) is 84.4 Å². The normalized spacial score (nSPS) is 15.8. The molecular weight excluding hydrogens is 368 g/mol. The van der Waals surface area contributed by atoms with Gasteiger partial charge in [-0.3, -0.25) is 9.69 Å². The number of benzene rings is 3. The van der Waals surface area contributed by atoms with Crippen LogP contribution in [0.3, 0.4) is 0 Å². The Morgan fingerprint density at radius 2 is 1.52 bits per heavy atom. The lowest BCUT2D eigenvalue weighted by molar-refractivity contribution is -0.139. The highest BCUT2D eigenvalue weighted by atomic mass is 16.5. The van der Waals surface area contributed by atoms with E-state index in [1.807, 2.05) is 61.5 Å². The number of nitrogens with zero attached hydrogens (tertiary/aromatic N) is 2. The molecule has 3 aromatic rings. The summed E-state index contributed by atoms with van der Waals surface area (Å²) in [5.74, 6) is -0.683. The van der Waals surface area contributed by atoms with Gasteiger partial charge in [0, 0.05) is 11.4 Å². The predicted molar refractivity (Wildman–Crippen MR) is 111 cm³/mol. The smallest absolute Gasteiger partial charge is 0.341 e. The highest BCUT2D eigenvalue weighted by Crippen LogP contribution is 2.39. The molecule has 4 rings (SSSR count). The van der Waals surface area contributed by atoms with Gasteiger partial charge in [-0.2, -0.15) is 0 Å². The van der Waals surface area contributed by atoms with E-state index in [2.05, 4.69) is 4.90 Å². The third-order valence-corrected chi connectivity index (χ3v) is 4.87. The summed E-state index contributed by atoms with van der Waals surface area (Å²) in [7, 11) is 0. The van der Waals surface area contributed by atoms with Crippen molar-refractivity contribution in [1.82, 2.24) is 0 Å². The molecule has 0 aromatic heterocycles. The van der Waals surface area contributed by atoms with E-state index < -0.39 is 12.6 Å². The summed E-state index contributed by atoms with van der Waals surface area (Å²) in [6.45, 7) is 1.57. The van der Waals surface area contributed by atoms with Crippen LogP contribution in [0.25, 0.3) is 0 Å². The van der Waals surface area contributed by atoms with E-state index in [0.717, 1.165) is 11.4 Å². The number of aliphatic carboxylic acids is 1. The fraction of sp³-hybridized carbons (Fsp3) is 0.130. The van der Waals surface area contributed by atoms with Crippen LogP contribution in [0.1, 0.15) is 17.3 Å². The first-order valence-electron chi connectivity index (χ1n) is 9.28. The van der Waals surface area contributed by atoms with Crippen molar-refractivity contribution in [3.63, 3.8) is 0 Å². The molecule has 0 saturated heterocycles. The van der Waals surface area contributed by atoms with E-state index in [9.17, 15) is 9.59 Å². The number of carbonyl (C=O) groups is 2. The van der Waals surface area contributed by atoms with Crippen LogP contribution < -0.4 is 14.5 Å². The van der Waals surface area contributed by atoms with Crippen molar-refractivity contribution in [1.29, 1.82) is 0 Å². The second kappa shape index (κ2) is 7.67. The molecule has 6 heteroatoms. The molecule has 1 unspecified atom stereocenters. The molecule has 1 aliphatic heterocycles. The summed E-state index contributed by atoms with van der Waals surface area (Å²) in [5, 5.41) is 8.75. The summed E-state index contributed by atoms with van der Waals surface area (Å²) in [6, 6.07) is 24.4. The van der Waals surface area contributed by atoms with Crippen LogP contribution in [0.2, 0.25) is 0 Å². The van der Waals surface area contributed by atoms with E-state index in [0.29, 0.717) is 17.0 Å². The number of amides is 1. The van der Waals surface area contributed by atoms with Crippen LogP contribution in [0.5, 0.6) is 5.75 Å². The Balaban J connectivity index is 1.73. The van der Waals surface area contributed by atoms with Crippen LogP contribution in [0.15, 0.2) is 78.9 Å². The molecule has 0 aliphatic carbocycles. The number of carbonyl (C=O) groups excluding carboxylic acids is 1. The van der Waals surface area contributed by atoms with Crippen molar-refractivity contribution in [2.24, 2.45) is 0 Å². The monoisotopic (exact) mass is 388 g/mol. The molecule has 146 valence electrons. The van der Waals surface area contributed by atoms with Gasteiger partial charge in [0.2, 0.25) is 0 Å². The SMILES string of the molecule is CC1N(c2ccc(OCC(=O)O)cc2)C(=O)c2ccccc2N1c1ccccc1. The van der Waals surface area contributed by atoms with E-state index in [4.69, 9.17) is 9.84 Å². The number of para-hydroxylation sites is 2. The molecule has 0 saturated carbocycles. The second-order valence-corrected chi connectivity index (χ2v) is 6.71. The highest BCUT2D eigenvalue weighted by molar-refractivity contribution is 6.13. The van der Waals surface area contributed by atoms with E-state index in [-0.39, 0.29) is 12.1 Å². The quantitative estimate of drug-likeness (QED) is 0.706. The Bertz CT molecular complexity index is 1030. The van der Waals surface area contributed by atoms with Gasteiger partial charge >= 0.3 is 5.97 Å². The first-order valence-corrected chi connectivity index (χ1v) is 9.28. The highest BCUT2D eigenvalue weighted by Gasteiger charge is 2.36. The predicted octanol–water partition coefficient (Wildman–Crippen LogP) is 4.29. The summed E-state index contributed by atoms with van der Waals surface area (Å²) in [6.07, 6.45) is -0.259. The molecule has 1 aliphatic rings. The molecule has 1 N–H and O–H groups in total. The zero-order valence-electron chi connectivity index (χ0n) is 15.9. The number of hydrogen-bond acceptors (Lipinski definition) is 4. The van der Waals surface area contributed by atoms with E-state index in [1.54, 1.807) is 29.2 Å². The number of fused-ring (bicyclic) bond motifs is 1. The molecular formula is C23H20N2O4. The fourth-order valence-electron chi connectivity index (χ4n) is 3.61. The summed E-state index contributed by atoms with van der Waals surface area (Å²) < 4.78 is 5.20. The van der Waals surface area contributed by atoms with Gasteiger partial charge in [0.1, 0.15) is 11.9 Å². The lowest BCUT2D eigenvalue weighted by Crippen LogP contribution is -2.52. The molecule has 3 aromatic carbocycles. The molecule has 0 fully saturated rings. The largest absolute Gasteiger partial charge is 0.482 e. The minimum absolute atomic E-state index is 0.0838. The molecule has 1 atom stereocenters. The van der Waals surface area contributed by atoms with E-state index in [1.165, 1.54) is 0 Å². The summed E-state index contributed by atoms with van der Waals surface area (Å²) in [5.41, 5.74) is 3.20.